The number of aryl methyl sites for hydroxylation is 4. The fourth-order valence-electron chi connectivity index (χ4n) is 4.64. The van der Waals surface area contributed by atoms with Crippen molar-refractivity contribution in [2.45, 2.75) is 72.6 Å². The predicted molar refractivity (Wildman–Crippen MR) is 114 cm³/mol. The number of aromatic nitrogens is 2. The lowest BCUT2D eigenvalue weighted by Crippen LogP contribution is -2.19. The second-order valence-corrected chi connectivity index (χ2v) is 8.23. The van der Waals surface area contributed by atoms with E-state index in [-0.39, 0.29) is 0 Å². The van der Waals surface area contributed by atoms with Gasteiger partial charge in [-0.15, -0.1) is 0 Å². The monoisotopic (exact) mass is 366 g/mol. The normalized spacial score (nSPS) is 17.3. The maximum Gasteiger partial charge on any atom is 0.140 e. The van der Waals surface area contributed by atoms with Crippen LogP contribution in [0.15, 0.2) is 12.1 Å². The lowest BCUT2D eigenvalue weighted by atomic mass is 9.91. The minimum atomic E-state index is 0.322. The van der Waals surface area contributed by atoms with Crippen LogP contribution in [0.4, 0.5) is 11.5 Å². The van der Waals surface area contributed by atoms with Crippen LogP contribution in [0.5, 0.6) is 0 Å². The lowest BCUT2D eigenvalue weighted by molar-refractivity contribution is 0.569. The van der Waals surface area contributed by atoms with Crippen LogP contribution in [0.25, 0.3) is 0 Å². The van der Waals surface area contributed by atoms with Crippen LogP contribution in [-0.2, 0) is 0 Å². The van der Waals surface area contributed by atoms with Gasteiger partial charge in [0.15, 0.2) is 0 Å². The van der Waals surface area contributed by atoms with Gasteiger partial charge in [-0.05, 0) is 45.2 Å². The van der Waals surface area contributed by atoms with Crippen LogP contribution in [0.1, 0.15) is 78.7 Å². The Morgan fingerprint density at radius 3 is 2.41 bits per heavy atom. The van der Waals surface area contributed by atoms with E-state index in [0.29, 0.717) is 18.4 Å². The number of nitrogens with zero attached hydrogens (tertiary/aromatic N) is 3. The van der Waals surface area contributed by atoms with Crippen molar-refractivity contribution in [2.24, 2.45) is 5.73 Å². The molecule has 2 heterocycles. The molecule has 2 unspecified atom stereocenters. The molecule has 0 fully saturated rings. The second kappa shape index (κ2) is 7.97. The van der Waals surface area contributed by atoms with Gasteiger partial charge in [-0.1, -0.05) is 44.4 Å². The Bertz CT molecular complexity index is 804. The molecule has 1 aliphatic heterocycles. The van der Waals surface area contributed by atoms with E-state index in [2.05, 4.69) is 51.7 Å². The van der Waals surface area contributed by atoms with E-state index in [0.717, 1.165) is 24.6 Å². The van der Waals surface area contributed by atoms with Crippen molar-refractivity contribution in [1.29, 1.82) is 0 Å². The Morgan fingerprint density at radius 2 is 1.81 bits per heavy atom. The minimum Gasteiger partial charge on any atom is -0.330 e. The molecule has 0 saturated heterocycles. The Kier molecular flexibility index (Phi) is 5.85. The largest absolute Gasteiger partial charge is 0.330 e. The van der Waals surface area contributed by atoms with Crippen molar-refractivity contribution in [1.82, 2.24) is 9.97 Å². The maximum atomic E-state index is 6.17. The average Bonchev–Trinajstić information content (AvgIpc) is 2.91. The molecule has 0 spiro atoms. The van der Waals surface area contributed by atoms with Crippen LogP contribution in [0.2, 0.25) is 0 Å². The molecule has 0 bridgehead atoms. The van der Waals surface area contributed by atoms with E-state index in [9.17, 15) is 0 Å². The SMILES string of the molecule is CCCCC(CN)c1nc(C)nc2c1C(C)CN2c1c(C)cc(C)cc1C. The maximum absolute atomic E-state index is 6.17. The molecule has 2 N–H and O–H groups in total. The van der Waals surface area contributed by atoms with Gasteiger partial charge in [0.2, 0.25) is 0 Å². The molecule has 2 atom stereocenters. The summed E-state index contributed by atoms with van der Waals surface area (Å²) >= 11 is 0. The summed E-state index contributed by atoms with van der Waals surface area (Å²) in [6.07, 6.45) is 3.48. The summed E-state index contributed by atoms with van der Waals surface area (Å²) in [6, 6.07) is 4.54. The standard InChI is InChI=1S/C23H34N4/c1-7-8-9-19(12-24)21-20-17(5)13-27(23(20)26-18(6)25-21)22-15(3)10-14(2)11-16(22)4/h10-11,17,19H,7-9,12-13,24H2,1-6H3. The van der Waals surface area contributed by atoms with Gasteiger partial charge >= 0.3 is 0 Å². The Balaban J connectivity index is 2.13. The van der Waals surface area contributed by atoms with Crippen LogP contribution in [0.3, 0.4) is 0 Å². The first kappa shape index (κ1) is 19.8. The zero-order chi connectivity index (χ0) is 19.7. The molecule has 3 rings (SSSR count). The molecule has 0 saturated carbocycles. The summed E-state index contributed by atoms with van der Waals surface area (Å²) in [5.74, 6) is 2.67. The molecule has 1 aromatic carbocycles. The summed E-state index contributed by atoms with van der Waals surface area (Å²) in [7, 11) is 0. The number of rotatable bonds is 6. The van der Waals surface area contributed by atoms with Crippen LogP contribution in [-0.4, -0.2) is 23.1 Å². The van der Waals surface area contributed by atoms with Crippen molar-refractivity contribution in [3.05, 3.63) is 45.9 Å². The van der Waals surface area contributed by atoms with Gasteiger partial charge in [-0.3, -0.25) is 0 Å². The third-order valence-electron chi connectivity index (χ3n) is 5.75. The number of anilines is 2. The molecule has 1 aliphatic rings. The van der Waals surface area contributed by atoms with Crippen molar-refractivity contribution < 1.29 is 0 Å². The first-order valence-electron chi connectivity index (χ1n) is 10.3. The van der Waals surface area contributed by atoms with E-state index in [1.54, 1.807) is 0 Å². The molecule has 146 valence electrons. The molecule has 0 amide bonds. The molecule has 27 heavy (non-hydrogen) atoms. The zero-order valence-corrected chi connectivity index (χ0v) is 17.8. The molecule has 0 radical (unpaired) electrons. The zero-order valence-electron chi connectivity index (χ0n) is 17.8. The molecule has 1 aromatic heterocycles. The van der Waals surface area contributed by atoms with Crippen molar-refractivity contribution in [3.63, 3.8) is 0 Å². The average molecular weight is 367 g/mol. The van der Waals surface area contributed by atoms with Crippen molar-refractivity contribution in [3.8, 4) is 0 Å². The Labute approximate surface area is 164 Å². The molecular formula is C23H34N4. The molecule has 4 nitrogen and oxygen atoms in total. The molecule has 2 aromatic rings. The van der Waals surface area contributed by atoms with Gasteiger partial charge in [0.25, 0.3) is 0 Å². The fourth-order valence-corrected chi connectivity index (χ4v) is 4.64. The van der Waals surface area contributed by atoms with Gasteiger partial charge < -0.3 is 10.6 Å². The molecular weight excluding hydrogens is 332 g/mol. The summed E-state index contributed by atoms with van der Waals surface area (Å²) in [6.45, 7) is 14.7. The third kappa shape index (κ3) is 3.73. The highest BCUT2D eigenvalue weighted by Gasteiger charge is 2.34. The number of fused-ring (bicyclic) bond motifs is 1. The number of hydrogen-bond donors (Lipinski definition) is 1. The van der Waals surface area contributed by atoms with Crippen LogP contribution >= 0.6 is 0 Å². The van der Waals surface area contributed by atoms with Crippen LogP contribution in [0, 0.1) is 27.7 Å². The highest BCUT2D eigenvalue weighted by molar-refractivity contribution is 5.74. The van der Waals surface area contributed by atoms with Crippen molar-refractivity contribution in [2.75, 3.05) is 18.0 Å². The highest BCUT2D eigenvalue weighted by Crippen LogP contribution is 2.45. The summed E-state index contributed by atoms with van der Waals surface area (Å²) in [4.78, 5) is 12.2. The minimum absolute atomic E-state index is 0.322. The quantitative estimate of drug-likeness (QED) is 0.763. The van der Waals surface area contributed by atoms with E-state index in [1.165, 1.54) is 46.5 Å². The highest BCUT2D eigenvalue weighted by atomic mass is 15.2. The number of unbranched alkanes of at least 4 members (excludes halogenated alkanes) is 1. The smallest absolute Gasteiger partial charge is 0.140 e. The molecule has 4 heteroatoms. The number of nitrogens with two attached hydrogens (primary N) is 1. The number of hydrogen-bond acceptors (Lipinski definition) is 4. The van der Waals surface area contributed by atoms with Crippen molar-refractivity contribution >= 4 is 11.5 Å². The van der Waals surface area contributed by atoms with Gasteiger partial charge in [-0.25, -0.2) is 9.97 Å². The van der Waals surface area contributed by atoms with E-state index < -0.39 is 0 Å². The summed E-state index contributed by atoms with van der Waals surface area (Å²) in [5, 5.41) is 0. The molecule has 0 aliphatic carbocycles. The van der Waals surface area contributed by atoms with Gasteiger partial charge in [-0.2, -0.15) is 0 Å². The summed E-state index contributed by atoms with van der Waals surface area (Å²) in [5.41, 5.74) is 13.9. The van der Waals surface area contributed by atoms with Gasteiger partial charge in [0.1, 0.15) is 11.6 Å². The first-order valence-corrected chi connectivity index (χ1v) is 10.3. The van der Waals surface area contributed by atoms with E-state index in [1.807, 2.05) is 6.92 Å². The number of benzene rings is 1. The second-order valence-electron chi connectivity index (χ2n) is 8.23. The Morgan fingerprint density at radius 1 is 1.15 bits per heavy atom. The lowest BCUT2D eigenvalue weighted by Gasteiger charge is -2.24. The van der Waals surface area contributed by atoms with Crippen LogP contribution < -0.4 is 10.6 Å². The van der Waals surface area contributed by atoms with Gasteiger partial charge in [0, 0.05) is 36.2 Å². The topological polar surface area (TPSA) is 55.0 Å². The predicted octanol–water partition coefficient (Wildman–Crippen LogP) is 5.20. The van der Waals surface area contributed by atoms with E-state index in [4.69, 9.17) is 15.7 Å². The van der Waals surface area contributed by atoms with E-state index >= 15 is 0 Å². The third-order valence-corrected chi connectivity index (χ3v) is 5.75. The van der Waals surface area contributed by atoms with Gasteiger partial charge in [0.05, 0.1) is 5.69 Å². The Hall–Kier alpha value is -1.94. The summed E-state index contributed by atoms with van der Waals surface area (Å²) < 4.78 is 0. The fraction of sp³-hybridized carbons (Fsp3) is 0.565. The first-order chi connectivity index (χ1) is 12.9.